The Labute approximate surface area is 136 Å². The largest absolute Gasteiger partial charge is 2.00 e. The standard InChI is InChI=1S/C9H20N.C7H16N.Zn/c1-6-7-10(8(2)3)9(4)5;1-4-6-8(3)7-5-2;/h8-9H,1,6-7H2,2-5H3;1,4-7H2,2-3H3;/q2*-1;+2. The monoisotopic (exact) mass is 320 g/mol. The molecule has 0 radical (unpaired) electrons. The predicted molar refractivity (Wildman–Crippen MR) is 84.7 cm³/mol. The molecule has 0 aromatic heterocycles. The molecule has 0 N–H and O–H groups in total. The molecule has 112 valence electrons. The molecule has 0 saturated carbocycles. The van der Waals surface area contributed by atoms with E-state index in [0.29, 0.717) is 12.1 Å². The predicted octanol–water partition coefficient (Wildman–Crippen LogP) is 3.88. The first kappa shape index (κ1) is 24.6. The molecule has 2 nitrogen and oxygen atoms in total. The number of hydrogen-bond donors (Lipinski definition) is 0. The molecule has 3 heteroatoms. The van der Waals surface area contributed by atoms with Crippen molar-refractivity contribution < 1.29 is 19.5 Å². The zero-order valence-electron chi connectivity index (χ0n) is 14.4. The van der Waals surface area contributed by atoms with Crippen LogP contribution in [-0.2, 0) is 19.5 Å². The second-order valence-electron chi connectivity index (χ2n) is 5.44. The van der Waals surface area contributed by atoms with Crippen LogP contribution in [0.25, 0.3) is 0 Å². The molecular formula is C16H36N2Zn. The van der Waals surface area contributed by atoms with E-state index in [2.05, 4.69) is 65.3 Å². The van der Waals surface area contributed by atoms with Crippen LogP contribution in [0.5, 0.6) is 0 Å². The van der Waals surface area contributed by atoms with Gasteiger partial charge in [-0.15, -0.1) is 0 Å². The fourth-order valence-corrected chi connectivity index (χ4v) is 2.06. The minimum absolute atomic E-state index is 0. The first-order valence-corrected chi connectivity index (χ1v) is 7.43. The first-order chi connectivity index (χ1) is 8.40. The van der Waals surface area contributed by atoms with Gasteiger partial charge in [-0.05, 0) is 60.8 Å². The third-order valence-electron chi connectivity index (χ3n) is 2.89. The quantitative estimate of drug-likeness (QED) is 0.494. The summed E-state index contributed by atoms with van der Waals surface area (Å²) in [5.74, 6) is 0. The molecule has 0 aromatic rings. The first-order valence-electron chi connectivity index (χ1n) is 7.43. The van der Waals surface area contributed by atoms with Crippen molar-refractivity contribution in [1.29, 1.82) is 0 Å². The molecule has 0 aliphatic carbocycles. The van der Waals surface area contributed by atoms with Crippen molar-refractivity contribution in [3.8, 4) is 0 Å². The van der Waals surface area contributed by atoms with E-state index >= 15 is 0 Å². The smallest absolute Gasteiger partial charge is 0.342 e. The fourth-order valence-electron chi connectivity index (χ4n) is 2.06. The summed E-state index contributed by atoms with van der Waals surface area (Å²) in [4.78, 5) is 4.75. The van der Waals surface area contributed by atoms with Gasteiger partial charge in [0.1, 0.15) is 0 Å². The Bertz CT molecular complexity index is 147. The van der Waals surface area contributed by atoms with Crippen LogP contribution >= 0.6 is 0 Å². The van der Waals surface area contributed by atoms with Crippen LogP contribution in [0, 0.1) is 13.8 Å². The molecule has 0 rings (SSSR count). The zero-order chi connectivity index (χ0) is 14.6. The number of nitrogens with zero attached hydrogens (tertiary/aromatic N) is 2. The van der Waals surface area contributed by atoms with Gasteiger partial charge in [0.05, 0.1) is 0 Å². The minimum Gasteiger partial charge on any atom is -0.342 e. The van der Waals surface area contributed by atoms with Gasteiger partial charge in [0.25, 0.3) is 0 Å². The minimum atomic E-state index is 0. The number of rotatable bonds is 8. The molecule has 0 atom stereocenters. The van der Waals surface area contributed by atoms with E-state index in [9.17, 15) is 0 Å². The third-order valence-corrected chi connectivity index (χ3v) is 2.89. The summed E-state index contributed by atoms with van der Waals surface area (Å²) in [6.45, 7) is 22.2. The topological polar surface area (TPSA) is 6.48 Å². The Kier molecular flexibility index (Phi) is 21.4. The van der Waals surface area contributed by atoms with Crippen LogP contribution in [0.3, 0.4) is 0 Å². The Morgan fingerprint density at radius 2 is 1.26 bits per heavy atom. The third kappa shape index (κ3) is 16.5. The molecule has 0 spiro atoms. The van der Waals surface area contributed by atoms with E-state index in [1.54, 1.807) is 0 Å². The molecule has 0 aliphatic rings. The Morgan fingerprint density at radius 1 is 0.842 bits per heavy atom. The maximum atomic E-state index is 3.85. The van der Waals surface area contributed by atoms with E-state index in [4.69, 9.17) is 0 Å². The fraction of sp³-hybridized carbons (Fsp3) is 0.875. The summed E-state index contributed by atoms with van der Waals surface area (Å²) in [6, 6.07) is 1.31. The van der Waals surface area contributed by atoms with Crippen LogP contribution in [0.15, 0.2) is 0 Å². The summed E-state index contributed by atoms with van der Waals surface area (Å²) in [5, 5.41) is 0. The van der Waals surface area contributed by atoms with Gasteiger partial charge in [0.2, 0.25) is 0 Å². The van der Waals surface area contributed by atoms with Crippen molar-refractivity contribution >= 4 is 0 Å². The van der Waals surface area contributed by atoms with Crippen molar-refractivity contribution in [2.45, 2.75) is 66.0 Å². The van der Waals surface area contributed by atoms with E-state index < -0.39 is 0 Å². The van der Waals surface area contributed by atoms with Crippen molar-refractivity contribution in [1.82, 2.24) is 9.80 Å². The van der Waals surface area contributed by atoms with E-state index in [-0.39, 0.29) is 19.5 Å². The second-order valence-corrected chi connectivity index (χ2v) is 5.44. The number of hydrogen-bond acceptors (Lipinski definition) is 2. The van der Waals surface area contributed by atoms with Crippen LogP contribution in [0.4, 0.5) is 0 Å². The molecule has 0 amide bonds. The van der Waals surface area contributed by atoms with Crippen LogP contribution in [0.1, 0.15) is 53.9 Å². The maximum absolute atomic E-state index is 3.85. The Morgan fingerprint density at radius 3 is 1.47 bits per heavy atom. The Balaban J connectivity index is -0.000000262. The maximum Gasteiger partial charge on any atom is 2.00 e. The van der Waals surface area contributed by atoms with Crippen molar-refractivity contribution in [2.24, 2.45) is 0 Å². The van der Waals surface area contributed by atoms with Gasteiger partial charge in [-0.1, -0.05) is 6.92 Å². The summed E-state index contributed by atoms with van der Waals surface area (Å²) in [7, 11) is 2.13. The molecule has 0 saturated heterocycles. The summed E-state index contributed by atoms with van der Waals surface area (Å²) in [6.07, 6.45) is 3.28. The zero-order valence-corrected chi connectivity index (χ0v) is 17.4. The van der Waals surface area contributed by atoms with Crippen LogP contribution in [-0.4, -0.2) is 48.6 Å². The molecule has 0 fully saturated rings. The van der Waals surface area contributed by atoms with Crippen molar-refractivity contribution in [3.63, 3.8) is 0 Å². The summed E-state index contributed by atoms with van der Waals surface area (Å²) >= 11 is 0. The van der Waals surface area contributed by atoms with Gasteiger partial charge in [-0.3, -0.25) is 0 Å². The van der Waals surface area contributed by atoms with E-state index in [0.717, 1.165) is 25.9 Å². The van der Waals surface area contributed by atoms with Gasteiger partial charge >= 0.3 is 19.5 Å². The van der Waals surface area contributed by atoms with Crippen molar-refractivity contribution in [2.75, 3.05) is 26.7 Å². The van der Waals surface area contributed by atoms with Gasteiger partial charge in [-0.25, -0.2) is 0 Å². The Hall–Kier alpha value is 0.543. The van der Waals surface area contributed by atoms with Gasteiger partial charge < -0.3 is 23.6 Å². The molecule has 0 unspecified atom stereocenters. The van der Waals surface area contributed by atoms with Gasteiger partial charge in [0.15, 0.2) is 0 Å². The van der Waals surface area contributed by atoms with Crippen LogP contribution in [0.2, 0.25) is 0 Å². The molecule has 19 heavy (non-hydrogen) atoms. The average Bonchev–Trinajstić information content (AvgIpc) is 2.26. The van der Waals surface area contributed by atoms with Crippen LogP contribution < -0.4 is 0 Å². The van der Waals surface area contributed by atoms with Crippen molar-refractivity contribution in [3.05, 3.63) is 13.8 Å². The summed E-state index contributed by atoms with van der Waals surface area (Å²) < 4.78 is 0. The molecule has 0 aromatic carbocycles. The molecule has 0 aliphatic heterocycles. The molecule has 0 heterocycles. The SMILES string of the molecule is [CH2-]CCN(C(C)C)C(C)C.[CH2-]CCN(C)CCC.[Zn+2]. The van der Waals surface area contributed by atoms with Gasteiger partial charge in [0, 0.05) is 12.1 Å². The second kappa shape index (κ2) is 16.6. The summed E-state index contributed by atoms with van der Waals surface area (Å²) in [5.41, 5.74) is 0. The molecule has 0 bridgehead atoms. The van der Waals surface area contributed by atoms with E-state index in [1.807, 2.05) is 0 Å². The molecular weight excluding hydrogens is 286 g/mol. The van der Waals surface area contributed by atoms with Gasteiger partial charge in [-0.2, -0.15) is 12.8 Å². The normalized spacial score (nSPS) is 10.7. The van der Waals surface area contributed by atoms with E-state index in [1.165, 1.54) is 13.0 Å². The average molecular weight is 322 g/mol.